The van der Waals surface area contributed by atoms with Gasteiger partial charge in [-0.3, -0.25) is 19.5 Å². The quantitative estimate of drug-likeness (QED) is 0.325. The second kappa shape index (κ2) is 11.5. The highest BCUT2D eigenvalue weighted by atomic mass is 16.6. The molecule has 4 atom stereocenters. The van der Waals surface area contributed by atoms with Crippen molar-refractivity contribution in [2.24, 2.45) is 0 Å². The van der Waals surface area contributed by atoms with E-state index in [0.717, 1.165) is 0 Å². The van der Waals surface area contributed by atoms with Crippen molar-refractivity contribution in [2.75, 3.05) is 24.2 Å². The van der Waals surface area contributed by atoms with Gasteiger partial charge in [-0.25, -0.2) is 24.5 Å². The van der Waals surface area contributed by atoms with E-state index in [0.29, 0.717) is 5.69 Å². The normalized spacial score (nSPS) is 20.4. The van der Waals surface area contributed by atoms with E-state index in [1.165, 1.54) is 38.1 Å². The number of fused-ring (bicyclic) bond motifs is 1. The number of anilines is 2. The molecular formula is C23H26N8O7. The lowest BCUT2D eigenvalue weighted by atomic mass is 10.1. The van der Waals surface area contributed by atoms with Crippen LogP contribution in [0.4, 0.5) is 21.1 Å². The monoisotopic (exact) mass is 526 g/mol. The van der Waals surface area contributed by atoms with Gasteiger partial charge in [0.1, 0.15) is 12.4 Å². The number of imidazole rings is 1. The van der Waals surface area contributed by atoms with Gasteiger partial charge in [0.15, 0.2) is 35.4 Å². The van der Waals surface area contributed by atoms with Crippen molar-refractivity contribution in [1.82, 2.24) is 30.2 Å². The van der Waals surface area contributed by atoms with Gasteiger partial charge in [0, 0.05) is 33.1 Å². The number of nitrogens with zero attached hydrogens (tertiary/aromatic N) is 4. The minimum absolute atomic E-state index is 0.0556. The topological polar surface area (TPSA) is 188 Å². The van der Waals surface area contributed by atoms with E-state index in [4.69, 9.17) is 14.2 Å². The maximum absolute atomic E-state index is 12.5. The van der Waals surface area contributed by atoms with Crippen LogP contribution in [-0.2, 0) is 23.8 Å². The fourth-order valence-corrected chi connectivity index (χ4v) is 3.95. The summed E-state index contributed by atoms with van der Waals surface area (Å²) in [5.74, 6) is -1.15. The molecule has 200 valence electrons. The Bertz CT molecular complexity index is 1330. The average Bonchev–Trinajstić information content (AvgIpc) is 3.44. The summed E-state index contributed by atoms with van der Waals surface area (Å²) in [4.78, 5) is 60.8. The number of hydrogen-bond donors (Lipinski definition) is 4. The van der Waals surface area contributed by atoms with E-state index in [2.05, 4.69) is 36.2 Å². The van der Waals surface area contributed by atoms with Crippen LogP contribution < -0.4 is 21.3 Å². The van der Waals surface area contributed by atoms with Gasteiger partial charge in [-0.1, -0.05) is 18.2 Å². The van der Waals surface area contributed by atoms with Crippen molar-refractivity contribution >= 4 is 46.7 Å². The van der Waals surface area contributed by atoms with Crippen LogP contribution in [0.1, 0.15) is 20.1 Å². The van der Waals surface area contributed by atoms with Crippen molar-refractivity contribution in [3.05, 3.63) is 43.0 Å². The van der Waals surface area contributed by atoms with Crippen molar-refractivity contribution < 1.29 is 33.4 Å². The fourth-order valence-electron chi connectivity index (χ4n) is 3.95. The molecule has 0 spiro atoms. The van der Waals surface area contributed by atoms with Crippen LogP contribution in [0.15, 0.2) is 43.0 Å². The number of carbonyl (C=O) groups excluding carboxylic acids is 4. The molecule has 0 aliphatic carbocycles. The SMILES string of the molecule is CNC(=O)NC[C@H]1O[C@@H](n2cnc3c(NC(=O)Nc4ccccc4)ncnc32)[C@H](OC(C)=O)[C@@H]1OC(C)=O. The predicted octanol–water partition coefficient (Wildman–Crippen LogP) is 1.16. The molecule has 1 fully saturated rings. The van der Waals surface area contributed by atoms with E-state index >= 15 is 0 Å². The number of carbonyl (C=O) groups is 4. The standard InChI is InChI=1S/C23H26N8O7/c1-12(32)36-17-15(9-25-22(34)24-3)38-21(18(17)37-13(2)33)31-11-28-16-19(26-10-27-20(16)31)30-23(35)29-14-7-5-4-6-8-14/h4-8,10-11,15,17-18,21H,9H2,1-3H3,(H2,24,25,34)(H2,26,27,29,30,35)/t15-,17-,18-,21-/m1/s1. The van der Waals surface area contributed by atoms with Gasteiger partial charge in [-0.15, -0.1) is 0 Å². The number of esters is 2. The number of amides is 4. The zero-order chi connectivity index (χ0) is 27.2. The van der Waals surface area contributed by atoms with Crippen LogP contribution in [0.25, 0.3) is 11.2 Å². The first-order valence-corrected chi connectivity index (χ1v) is 11.5. The summed E-state index contributed by atoms with van der Waals surface area (Å²) in [5, 5.41) is 10.3. The van der Waals surface area contributed by atoms with Gasteiger partial charge >= 0.3 is 24.0 Å². The maximum Gasteiger partial charge on any atom is 0.324 e. The lowest BCUT2D eigenvalue weighted by molar-refractivity contribution is -0.165. The molecule has 0 saturated carbocycles. The van der Waals surface area contributed by atoms with Gasteiger partial charge in [0.2, 0.25) is 0 Å². The molecule has 0 bridgehead atoms. The number of rotatable bonds is 7. The Hall–Kier alpha value is -4.79. The summed E-state index contributed by atoms with van der Waals surface area (Å²) >= 11 is 0. The first-order chi connectivity index (χ1) is 18.3. The van der Waals surface area contributed by atoms with E-state index in [9.17, 15) is 19.2 Å². The number of nitrogens with one attached hydrogen (secondary N) is 4. The van der Waals surface area contributed by atoms with Crippen LogP contribution in [-0.4, -0.2) is 75.4 Å². The summed E-state index contributed by atoms with van der Waals surface area (Å²) in [6.07, 6.45) is -1.46. The second-order valence-electron chi connectivity index (χ2n) is 8.16. The summed E-state index contributed by atoms with van der Waals surface area (Å²) < 4.78 is 18.5. The van der Waals surface area contributed by atoms with Crippen molar-refractivity contribution in [3.63, 3.8) is 0 Å². The lowest BCUT2D eigenvalue weighted by Gasteiger charge is -2.23. The highest BCUT2D eigenvalue weighted by Gasteiger charge is 2.50. The maximum atomic E-state index is 12.5. The smallest absolute Gasteiger partial charge is 0.324 e. The number of urea groups is 2. The molecule has 15 heteroatoms. The van der Waals surface area contributed by atoms with Gasteiger partial charge in [-0.2, -0.15) is 0 Å². The lowest BCUT2D eigenvalue weighted by Crippen LogP contribution is -2.45. The molecule has 1 aliphatic heterocycles. The number of hydrogen-bond acceptors (Lipinski definition) is 10. The Balaban J connectivity index is 1.63. The first-order valence-electron chi connectivity index (χ1n) is 11.5. The van der Waals surface area contributed by atoms with Crippen LogP contribution in [0.5, 0.6) is 0 Å². The van der Waals surface area contributed by atoms with Crippen LogP contribution >= 0.6 is 0 Å². The third kappa shape index (κ3) is 5.95. The van der Waals surface area contributed by atoms with Gasteiger partial charge in [0.05, 0.1) is 6.33 Å². The number of ether oxygens (including phenoxy) is 3. The molecule has 1 aliphatic rings. The molecule has 15 nitrogen and oxygen atoms in total. The molecule has 4 N–H and O–H groups in total. The molecule has 3 aromatic rings. The van der Waals surface area contributed by atoms with Gasteiger partial charge < -0.3 is 30.2 Å². The molecule has 3 heterocycles. The van der Waals surface area contributed by atoms with Crippen molar-refractivity contribution in [3.8, 4) is 0 Å². The number of benzene rings is 1. The average molecular weight is 527 g/mol. The number of para-hydroxylation sites is 1. The molecule has 1 aromatic carbocycles. The third-order valence-electron chi connectivity index (χ3n) is 5.48. The summed E-state index contributed by atoms with van der Waals surface area (Å²) in [6, 6.07) is 7.81. The molecule has 2 aromatic heterocycles. The van der Waals surface area contributed by atoms with Crippen LogP contribution in [0.2, 0.25) is 0 Å². The van der Waals surface area contributed by atoms with E-state index in [1.54, 1.807) is 24.3 Å². The van der Waals surface area contributed by atoms with E-state index < -0.39 is 48.5 Å². The second-order valence-corrected chi connectivity index (χ2v) is 8.16. The number of aromatic nitrogens is 4. The van der Waals surface area contributed by atoms with E-state index in [-0.39, 0.29) is 23.5 Å². The van der Waals surface area contributed by atoms with Crippen LogP contribution in [0.3, 0.4) is 0 Å². The summed E-state index contributed by atoms with van der Waals surface area (Å²) in [5.41, 5.74) is 1.06. The minimum Gasteiger partial charge on any atom is -0.456 e. The van der Waals surface area contributed by atoms with Gasteiger partial charge in [0.25, 0.3) is 0 Å². The molecule has 38 heavy (non-hydrogen) atoms. The Kier molecular flexibility index (Phi) is 7.96. The molecule has 4 amide bonds. The third-order valence-corrected chi connectivity index (χ3v) is 5.48. The largest absolute Gasteiger partial charge is 0.456 e. The summed E-state index contributed by atoms with van der Waals surface area (Å²) in [7, 11) is 1.45. The molecular weight excluding hydrogens is 500 g/mol. The molecule has 0 radical (unpaired) electrons. The highest BCUT2D eigenvalue weighted by Crippen LogP contribution is 2.36. The van der Waals surface area contributed by atoms with Gasteiger partial charge in [-0.05, 0) is 12.1 Å². The Morgan fingerprint density at radius 2 is 1.66 bits per heavy atom. The van der Waals surface area contributed by atoms with Crippen LogP contribution in [0, 0.1) is 0 Å². The van der Waals surface area contributed by atoms with Crippen molar-refractivity contribution in [1.29, 1.82) is 0 Å². The Morgan fingerprint density at radius 1 is 0.947 bits per heavy atom. The Morgan fingerprint density at radius 3 is 2.34 bits per heavy atom. The fraction of sp³-hybridized carbons (Fsp3) is 0.348. The highest BCUT2D eigenvalue weighted by molar-refractivity contribution is 6.02. The summed E-state index contributed by atoms with van der Waals surface area (Å²) in [6.45, 7) is 2.36. The molecule has 1 saturated heterocycles. The first kappa shape index (κ1) is 26.3. The van der Waals surface area contributed by atoms with Crippen molar-refractivity contribution in [2.45, 2.75) is 38.4 Å². The minimum atomic E-state index is -1.10. The molecule has 0 unspecified atom stereocenters. The Labute approximate surface area is 216 Å². The molecule has 4 rings (SSSR count). The zero-order valence-corrected chi connectivity index (χ0v) is 20.7. The zero-order valence-electron chi connectivity index (χ0n) is 20.7. The predicted molar refractivity (Wildman–Crippen MR) is 132 cm³/mol. The van der Waals surface area contributed by atoms with E-state index in [1.807, 2.05) is 6.07 Å².